The smallest absolute Gasteiger partial charge is 0.328 e. The summed E-state index contributed by atoms with van der Waals surface area (Å²) in [5, 5.41) is 2.46. The topological polar surface area (TPSA) is 55.4 Å². The Balaban J connectivity index is 2.73. The van der Waals surface area contributed by atoms with Gasteiger partial charge in [-0.05, 0) is 44.5 Å². The monoisotopic (exact) mass is 253 g/mol. The Kier molecular flexibility index (Phi) is 4.83. The van der Waals surface area contributed by atoms with Gasteiger partial charge in [-0.3, -0.25) is 4.79 Å². The number of carbonyl (C=O) groups is 2. The zero-order valence-corrected chi connectivity index (χ0v) is 10.6. The highest BCUT2D eigenvalue weighted by Gasteiger charge is 2.17. The first-order valence-electron chi connectivity index (χ1n) is 5.68. The number of benzene rings is 1. The van der Waals surface area contributed by atoms with E-state index >= 15 is 0 Å². The number of hydrogen-bond donors (Lipinski definition) is 1. The molecule has 0 bridgehead atoms. The van der Waals surface area contributed by atoms with Crippen LogP contribution in [-0.2, 0) is 9.53 Å². The number of amides is 1. The summed E-state index contributed by atoms with van der Waals surface area (Å²) in [7, 11) is 0. The third-order valence-corrected chi connectivity index (χ3v) is 2.29. The molecule has 1 N–H and O–H groups in total. The van der Waals surface area contributed by atoms with Gasteiger partial charge in [-0.2, -0.15) is 0 Å². The van der Waals surface area contributed by atoms with Crippen molar-refractivity contribution in [2.75, 3.05) is 6.61 Å². The molecule has 1 amide bonds. The van der Waals surface area contributed by atoms with Crippen LogP contribution in [0.25, 0.3) is 0 Å². The van der Waals surface area contributed by atoms with Crippen LogP contribution in [0.1, 0.15) is 29.8 Å². The van der Waals surface area contributed by atoms with Crippen molar-refractivity contribution in [1.82, 2.24) is 5.32 Å². The summed E-state index contributed by atoms with van der Waals surface area (Å²) < 4.78 is 17.9. The van der Waals surface area contributed by atoms with Crippen LogP contribution in [0.3, 0.4) is 0 Å². The minimum Gasteiger partial charge on any atom is -0.464 e. The number of nitrogens with one attached hydrogen (secondary N) is 1. The van der Waals surface area contributed by atoms with E-state index in [1.165, 1.54) is 13.0 Å². The normalized spacial score (nSPS) is 11.8. The molecule has 1 aromatic carbocycles. The van der Waals surface area contributed by atoms with E-state index in [0.717, 1.165) is 6.07 Å². The van der Waals surface area contributed by atoms with E-state index in [0.29, 0.717) is 5.56 Å². The number of carbonyl (C=O) groups excluding carboxylic acids is 2. The van der Waals surface area contributed by atoms with Gasteiger partial charge < -0.3 is 10.1 Å². The molecule has 0 aliphatic rings. The van der Waals surface area contributed by atoms with Crippen molar-refractivity contribution in [3.63, 3.8) is 0 Å². The summed E-state index contributed by atoms with van der Waals surface area (Å²) in [6.45, 7) is 5.14. The van der Waals surface area contributed by atoms with E-state index in [9.17, 15) is 14.0 Å². The molecule has 0 fully saturated rings. The Labute approximate surface area is 105 Å². The predicted octanol–water partition coefficient (Wildman–Crippen LogP) is 1.82. The highest BCUT2D eigenvalue weighted by molar-refractivity contribution is 5.96. The highest BCUT2D eigenvalue weighted by atomic mass is 19.1. The lowest BCUT2D eigenvalue weighted by atomic mass is 10.1. The molecule has 1 aromatic rings. The first-order valence-corrected chi connectivity index (χ1v) is 5.68. The van der Waals surface area contributed by atoms with Crippen molar-refractivity contribution in [2.24, 2.45) is 0 Å². The van der Waals surface area contributed by atoms with Crippen molar-refractivity contribution in [1.29, 1.82) is 0 Å². The Morgan fingerprint density at radius 1 is 1.39 bits per heavy atom. The molecule has 0 heterocycles. The van der Waals surface area contributed by atoms with Gasteiger partial charge in [0.05, 0.1) is 6.61 Å². The van der Waals surface area contributed by atoms with Gasteiger partial charge >= 0.3 is 5.97 Å². The number of ether oxygens (including phenoxy) is 1. The van der Waals surface area contributed by atoms with Gasteiger partial charge in [-0.25, -0.2) is 9.18 Å². The van der Waals surface area contributed by atoms with Crippen molar-refractivity contribution in [3.8, 4) is 0 Å². The van der Waals surface area contributed by atoms with Gasteiger partial charge in [0.2, 0.25) is 0 Å². The van der Waals surface area contributed by atoms with Crippen molar-refractivity contribution < 1.29 is 18.7 Å². The van der Waals surface area contributed by atoms with Gasteiger partial charge in [-0.15, -0.1) is 0 Å². The summed E-state index contributed by atoms with van der Waals surface area (Å²) >= 11 is 0. The fourth-order valence-electron chi connectivity index (χ4n) is 1.47. The lowest BCUT2D eigenvalue weighted by Crippen LogP contribution is -2.39. The molecule has 98 valence electrons. The van der Waals surface area contributed by atoms with Crippen LogP contribution in [0, 0.1) is 12.7 Å². The summed E-state index contributed by atoms with van der Waals surface area (Å²) in [6, 6.07) is 3.24. The minimum atomic E-state index is -0.763. The maximum Gasteiger partial charge on any atom is 0.328 e. The fraction of sp³-hybridized carbons (Fsp3) is 0.385. The second kappa shape index (κ2) is 6.14. The van der Waals surface area contributed by atoms with Crippen LogP contribution >= 0.6 is 0 Å². The van der Waals surface area contributed by atoms with Crippen LogP contribution in [0.15, 0.2) is 18.2 Å². The zero-order chi connectivity index (χ0) is 13.7. The van der Waals surface area contributed by atoms with Gasteiger partial charge in [0.15, 0.2) is 0 Å². The first kappa shape index (κ1) is 14.2. The number of rotatable bonds is 4. The molecule has 4 nitrogen and oxygen atoms in total. The predicted molar refractivity (Wildman–Crippen MR) is 64.7 cm³/mol. The molecule has 1 unspecified atom stereocenters. The lowest BCUT2D eigenvalue weighted by Gasteiger charge is -2.12. The first-order chi connectivity index (χ1) is 8.43. The van der Waals surface area contributed by atoms with Gasteiger partial charge in [0.1, 0.15) is 11.9 Å². The second-order valence-electron chi connectivity index (χ2n) is 3.96. The Bertz CT molecular complexity index is 439. The van der Waals surface area contributed by atoms with E-state index in [1.54, 1.807) is 19.9 Å². The van der Waals surface area contributed by atoms with Crippen LogP contribution in [-0.4, -0.2) is 24.5 Å². The number of halogens is 1. The molecular formula is C13H16FNO3. The van der Waals surface area contributed by atoms with Crippen LogP contribution < -0.4 is 5.32 Å². The maximum atomic E-state index is 13.1. The molecule has 1 atom stereocenters. The number of aryl methyl sites for hydroxylation is 1. The fourth-order valence-corrected chi connectivity index (χ4v) is 1.47. The SMILES string of the molecule is CCOC(=O)C(C)NC(=O)c1cc(C)cc(F)c1. The molecule has 5 heteroatoms. The van der Waals surface area contributed by atoms with Gasteiger partial charge in [0, 0.05) is 5.56 Å². The average Bonchev–Trinajstić information content (AvgIpc) is 2.27. The summed E-state index contributed by atoms with van der Waals surface area (Å²) in [6.07, 6.45) is 0. The molecule has 0 aromatic heterocycles. The van der Waals surface area contributed by atoms with E-state index < -0.39 is 23.7 Å². The Morgan fingerprint density at radius 2 is 2.06 bits per heavy atom. The molecule has 0 saturated carbocycles. The molecule has 0 saturated heterocycles. The molecule has 0 aliphatic heterocycles. The zero-order valence-electron chi connectivity index (χ0n) is 10.6. The average molecular weight is 253 g/mol. The third-order valence-electron chi connectivity index (χ3n) is 2.29. The van der Waals surface area contributed by atoms with Crippen molar-refractivity contribution >= 4 is 11.9 Å². The van der Waals surface area contributed by atoms with Gasteiger partial charge in [0.25, 0.3) is 5.91 Å². The largest absolute Gasteiger partial charge is 0.464 e. The lowest BCUT2D eigenvalue weighted by molar-refractivity contribution is -0.144. The molecule has 1 rings (SSSR count). The number of hydrogen-bond acceptors (Lipinski definition) is 3. The maximum absolute atomic E-state index is 13.1. The van der Waals surface area contributed by atoms with Crippen LogP contribution in [0.5, 0.6) is 0 Å². The van der Waals surface area contributed by atoms with E-state index in [2.05, 4.69) is 5.32 Å². The quantitative estimate of drug-likeness (QED) is 0.833. The summed E-state index contributed by atoms with van der Waals surface area (Å²) in [5.74, 6) is -1.50. The highest BCUT2D eigenvalue weighted by Crippen LogP contribution is 2.08. The Hall–Kier alpha value is -1.91. The number of esters is 1. The van der Waals surface area contributed by atoms with Crippen molar-refractivity contribution in [2.45, 2.75) is 26.8 Å². The van der Waals surface area contributed by atoms with Crippen LogP contribution in [0.4, 0.5) is 4.39 Å². The molecule has 0 aliphatic carbocycles. The minimum absolute atomic E-state index is 0.184. The van der Waals surface area contributed by atoms with Crippen molar-refractivity contribution in [3.05, 3.63) is 35.1 Å². The molecule has 0 spiro atoms. The molecule has 0 radical (unpaired) electrons. The second-order valence-corrected chi connectivity index (χ2v) is 3.96. The standard InChI is InChI=1S/C13H16FNO3/c1-4-18-13(17)9(3)15-12(16)10-5-8(2)6-11(14)7-10/h5-7,9H,4H2,1-3H3,(H,15,16). The van der Waals surface area contributed by atoms with Gasteiger partial charge in [-0.1, -0.05) is 0 Å². The van der Waals surface area contributed by atoms with E-state index in [1.807, 2.05) is 0 Å². The van der Waals surface area contributed by atoms with E-state index in [-0.39, 0.29) is 12.2 Å². The molecular weight excluding hydrogens is 237 g/mol. The molecule has 18 heavy (non-hydrogen) atoms. The Morgan fingerprint density at radius 3 is 2.61 bits per heavy atom. The third kappa shape index (κ3) is 3.84. The van der Waals surface area contributed by atoms with E-state index in [4.69, 9.17) is 4.74 Å². The van der Waals surface area contributed by atoms with Crippen LogP contribution in [0.2, 0.25) is 0 Å². The summed E-state index contributed by atoms with van der Waals surface area (Å²) in [5.41, 5.74) is 0.826. The summed E-state index contributed by atoms with van der Waals surface area (Å²) in [4.78, 5) is 23.1.